The molecule has 1 atom stereocenters. The molecule has 0 aliphatic rings. The van der Waals surface area contributed by atoms with E-state index in [1.165, 1.54) is 26.1 Å². The standard InChI is InChI=1S/C15H13F4N/c1-8-3-6-11(17)13(14(8)19)15(20-2)10-5-4-9(16)7-12(10)18/h3-7,15,20H,1-2H3. The maximum Gasteiger partial charge on any atom is 0.134 e. The van der Waals surface area contributed by atoms with E-state index in [1.54, 1.807) is 0 Å². The highest BCUT2D eigenvalue weighted by Gasteiger charge is 2.24. The van der Waals surface area contributed by atoms with Crippen LogP contribution in [-0.2, 0) is 0 Å². The van der Waals surface area contributed by atoms with E-state index in [9.17, 15) is 17.6 Å². The van der Waals surface area contributed by atoms with Crippen molar-refractivity contribution in [2.45, 2.75) is 13.0 Å². The third-order valence-corrected chi connectivity index (χ3v) is 3.17. The number of benzene rings is 2. The SMILES string of the molecule is CNC(c1ccc(F)cc1F)c1c(F)ccc(C)c1F. The van der Waals surface area contributed by atoms with Crippen molar-refractivity contribution in [1.82, 2.24) is 5.32 Å². The van der Waals surface area contributed by atoms with E-state index < -0.39 is 29.3 Å². The second kappa shape index (κ2) is 5.63. The van der Waals surface area contributed by atoms with Crippen molar-refractivity contribution in [3.05, 3.63) is 70.3 Å². The van der Waals surface area contributed by atoms with E-state index >= 15 is 0 Å². The van der Waals surface area contributed by atoms with Crippen LogP contribution in [-0.4, -0.2) is 7.05 Å². The smallest absolute Gasteiger partial charge is 0.134 e. The third-order valence-electron chi connectivity index (χ3n) is 3.17. The summed E-state index contributed by atoms with van der Waals surface area (Å²) >= 11 is 0. The van der Waals surface area contributed by atoms with Gasteiger partial charge in [-0.05, 0) is 31.7 Å². The molecular weight excluding hydrogens is 270 g/mol. The van der Waals surface area contributed by atoms with Gasteiger partial charge in [-0.1, -0.05) is 12.1 Å². The lowest BCUT2D eigenvalue weighted by Gasteiger charge is -2.20. The molecule has 0 heterocycles. The monoisotopic (exact) mass is 283 g/mol. The zero-order chi connectivity index (χ0) is 14.9. The average Bonchev–Trinajstić information content (AvgIpc) is 2.40. The minimum atomic E-state index is -1.03. The van der Waals surface area contributed by atoms with Gasteiger partial charge in [0.2, 0.25) is 0 Å². The Morgan fingerprint density at radius 1 is 0.950 bits per heavy atom. The first kappa shape index (κ1) is 14.5. The van der Waals surface area contributed by atoms with Gasteiger partial charge in [0, 0.05) is 17.2 Å². The summed E-state index contributed by atoms with van der Waals surface area (Å²) in [5, 5.41) is 2.66. The topological polar surface area (TPSA) is 12.0 Å². The largest absolute Gasteiger partial charge is 0.309 e. The molecule has 0 amide bonds. The molecular formula is C15H13F4N. The Hall–Kier alpha value is -1.88. The highest BCUT2D eigenvalue weighted by atomic mass is 19.1. The predicted molar refractivity (Wildman–Crippen MR) is 68.4 cm³/mol. The Bertz CT molecular complexity index is 640. The zero-order valence-corrected chi connectivity index (χ0v) is 11.0. The second-order valence-electron chi connectivity index (χ2n) is 4.48. The molecule has 106 valence electrons. The molecule has 0 radical (unpaired) electrons. The van der Waals surface area contributed by atoms with E-state index in [0.29, 0.717) is 6.07 Å². The molecule has 0 aromatic heterocycles. The van der Waals surface area contributed by atoms with Gasteiger partial charge in [0.25, 0.3) is 0 Å². The summed E-state index contributed by atoms with van der Waals surface area (Å²) in [6, 6.07) is 4.31. The molecule has 0 bridgehead atoms. The fraction of sp³-hybridized carbons (Fsp3) is 0.200. The first-order valence-corrected chi connectivity index (χ1v) is 6.02. The molecule has 5 heteroatoms. The lowest BCUT2D eigenvalue weighted by atomic mass is 9.95. The molecule has 0 saturated heterocycles. The second-order valence-corrected chi connectivity index (χ2v) is 4.48. The molecule has 1 unspecified atom stereocenters. The van der Waals surface area contributed by atoms with E-state index in [1.807, 2.05) is 0 Å². The summed E-state index contributed by atoms with van der Waals surface area (Å²) < 4.78 is 54.8. The number of halogens is 4. The molecule has 0 fully saturated rings. The molecule has 1 N–H and O–H groups in total. The van der Waals surface area contributed by atoms with Crippen molar-refractivity contribution in [3.8, 4) is 0 Å². The summed E-state index contributed by atoms with van der Waals surface area (Å²) in [4.78, 5) is 0. The maximum absolute atomic E-state index is 14.1. The van der Waals surface area contributed by atoms with Gasteiger partial charge in [-0.15, -0.1) is 0 Å². The lowest BCUT2D eigenvalue weighted by Crippen LogP contribution is -2.22. The Labute approximate surface area is 114 Å². The van der Waals surface area contributed by atoms with E-state index in [4.69, 9.17) is 0 Å². The number of hydrogen-bond donors (Lipinski definition) is 1. The molecule has 20 heavy (non-hydrogen) atoms. The first-order chi connectivity index (χ1) is 9.45. The maximum atomic E-state index is 14.1. The van der Waals surface area contributed by atoms with Crippen LogP contribution in [0.3, 0.4) is 0 Å². The molecule has 0 aliphatic heterocycles. The number of nitrogens with one attached hydrogen (secondary N) is 1. The molecule has 0 spiro atoms. The van der Waals surface area contributed by atoms with E-state index in [2.05, 4.69) is 5.32 Å². The zero-order valence-electron chi connectivity index (χ0n) is 11.0. The number of rotatable bonds is 3. The lowest BCUT2D eigenvalue weighted by molar-refractivity contribution is 0.500. The van der Waals surface area contributed by atoms with Crippen molar-refractivity contribution in [3.63, 3.8) is 0 Å². The van der Waals surface area contributed by atoms with Crippen LogP contribution in [0.15, 0.2) is 30.3 Å². The van der Waals surface area contributed by atoms with Crippen molar-refractivity contribution < 1.29 is 17.6 Å². The molecule has 2 rings (SSSR count). The van der Waals surface area contributed by atoms with Gasteiger partial charge >= 0.3 is 0 Å². The molecule has 1 nitrogen and oxygen atoms in total. The van der Waals surface area contributed by atoms with Crippen LogP contribution in [0.1, 0.15) is 22.7 Å². The fourth-order valence-electron chi connectivity index (χ4n) is 2.13. The van der Waals surface area contributed by atoms with Crippen LogP contribution in [0.25, 0.3) is 0 Å². The van der Waals surface area contributed by atoms with Crippen molar-refractivity contribution in [2.24, 2.45) is 0 Å². The molecule has 2 aromatic carbocycles. The first-order valence-electron chi connectivity index (χ1n) is 6.02. The van der Waals surface area contributed by atoms with Gasteiger partial charge < -0.3 is 5.32 Å². The van der Waals surface area contributed by atoms with Gasteiger partial charge in [-0.3, -0.25) is 0 Å². The Morgan fingerprint density at radius 2 is 1.65 bits per heavy atom. The van der Waals surface area contributed by atoms with Crippen LogP contribution in [0.4, 0.5) is 17.6 Å². The van der Waals surface area contributed by atoms with Crippen LogP contribution in [0.2, 0.25) is 0 Å². The summed E-state index contributed by atoms with van der Waals surface area (Å²) in [6.45, 7) is 1.49. The van der Waals surface area contributed by atoms with Gasteiger partial charge in [0.1, 0.15) is 23.3 Å². The van der Waals surface area contributed by atoms with Crippen LogP contribution in [0.5, 0.6) is 0 Å². The minimum Gasteiger partial charge on any atom is -0.309 e. The van der Waals surface area contributed by atoms with Crippen LogP contribution in [0, 0.1) is 30.2 Å². The predicted octanol–water partition coefficient (Wildman–Crippen LogP) is 3.86. The number of hydrogen-bond acceptors (Lipinski definition) is 1. The summed E-state index contributed by atoms with van der Waals surface area (Å²) in [5.41, 5.74) is -0.0421. The number of aryl methyl sites for hydroxylation is 1. The summed E-state index contributed by atoms with van der Waals surface area (Å²) in [5.74, 6) is -3.12. The molecule has 0 saturated carbocycles. The van der Waals surface area contributed by atoms with Gasteiger partial charge in [-0.2, -0.15) is 0 Å². The Balaban J connectivity index is 2.61. The average molecular weight is 283 g/mol. The molecule has 2 aromatic rings. The van der Waals surface area contributed by atoms with Crippen molar-refractivity contribution >= 4 is 0 Å². The Kier molecular flexibility index (Phi) is 4.09. The minimum absolute atomic E-state index is 0.0164. The van der Waals surface area contributed by atoms with Crippen LogP contribution >= 0.6 is 0 Å². The van der Waals surface area contributed by atoms with Gasteiger partial charge in [-0.25, -0.2) is 17.6 Å². The van der Waals surface area contributed by atoms with Gasteiger partial charge in [0.05, 0.1) is 6.04 Å². The van der Waals surface area contributed by atoms with Crippen molar-refractivity contribution in [2.75, 3.05) is 7.05 Å². The normalized spacial score (nSPS) is 12.5. The van der Waals surface area contributed by atoms with E-state index in [0.717, 1.165) is 12.1 Å². The fourth-order valence-corrected chi connectivity index (χ4v) is 2.13. The molecule has 0 aliphatic carbocycles. The van der Waals surface area contributed by atoms with Crippen LogP contribution < -0.4 is 5.32 Å². The highest BCUT2D eigenvalue weighted by molar-refractivity contribution is 5.37. The highest BCUT2D eigenvalue weighted by Crippen LogP contribution is 2.30. The van der Waals surface area contributed by atoms with Gasteiger partial charge in [0.15, 0.2) is 0 Å². The summed E-state index contributed by atoms with van der Waals surface area (Å²) in [7, 11) is 1.45. The van der Waals surface area contributed by atoms with Crippen molar-refractivity contribution in [1.29, 1.82) is 0 Å². The van der Waals surface area contributed by atoms with E-state index in [-0.39, 0.29) is 16.7 Å². The summed E-state index contributed by atoms with van der Waals surface area (Å²) in [6.07, 6.45) is 0. The third kappa shape index (κ3) is 2.54. The quantitative estimate of drug-likeness (QED) is 0.843. The Morgan fingerprint density at radius 3 is 2.25 bits per heavy atom.